The number of fused-ring (bicyclic) bond motifs is 1. The van der Waals surface area contributed by atoms with Crippen LogP contribution in [0.3, 0.4) is 0 Å². The lowest BCUT2D eigenvalue weighted by Gasteiger charge is -2.34. The fourth-order valence-corrected chi connectivity index (χ4v) is 5.08. The number of piperazine rings is 1. The van der Waals surface area contributed by atoms with Gasteiger partial charge in [-0.25, -0.2) is 8.91 Å². The normalized spacial score (nSPS) is 13.8. The van der Waals surface area contributed by atoms with Crippen molar-refractivity contribution in [1.82, 2.24) is 24.5 Å². The van der Waals surface area contributed by atoms with E-state index in [4.69, 9.17) is 4.74 Å². The second-order valence-corrected chi connectivity index (χ2v) is 10.5. The number of rotatable bonds is 9. The van der Waals surface area contributed by atoms with Crippen LogP contribution in [0, 0.1) is 5.82 Å². The van der Waals surface area contributed by atoms with E-state index in [9.17, 15) is 9.18 Å². The molecule has 0 bridgehead atoms. The van der Waals surface area contributed by atoms with Gasteiger partial charge in [0.2, 0.25) is 5.95 Å². The minimum absolute atomic E-state index is 0.0714. The van der Waals surface area contributed by atoms with Crippen molar-refractivity contribution >= 4 is 28.8 Å². The first kappa shape index (κ1) is 27.3. The zero-order valence-corrected chi connectivity index (χ0v) is 23.6. The van der Waals surface area contributed by atoms with Gasteiger partial charge in [0.15, 0.2) is 5.65 Å². The van der Waals surface area contributed by atoms with E-state index in [1.54, 1.807) is 30.0 Å². The zero-order valence-electron chi connectivity index (χ0n) is 23.6. The lowest BCUT2D eigenvalue weighted by molar-refractivity contribution is -0.117. The average Bonchev–Trinajstić information content (AvgIpc) is 3.41. The molecule has 1 N–H and O–H groups in total. The van der Waals surface area contributed by atoms with E-state index in [0.717, 1.165) is 65.7 Å². The molecule has 0 amide bonds. The molecular formula is C32H32FN7O2. The number of likely N-dealkylation sites (N-methyl/N-ethyl adjacent to an activating group) is 1. The second kappa shape index (κ2) is 12.0. The van der Waals surface area contributed by atoms with Crippen LogP contribution in [-0.2, 0) is 17.6 Å². The Labute approximate surface area is 243 Å². The Hall–Kier alpha value is -4.83. The highest BCUT2D eigenvalue weighted by Crippen LogP contribution is 2.32. The van der Waals surface area contributed by atoms with E-state index in [0.29, 0.717) is 18.0 Å². The molecule has 1 aliphatic rings. The van der Waals surface area contributed by atoms with Crippen molar-refractivity contribution in [3.63, 3.8) is 0 Å². The van der Waals surface area contributed by atoms with Crippen LogP contribution in [0.2, 0.25) is 0 Å². The highest BCUT2D eigenvalue weighted by molar-refractivity contribution is 5.83. The third kappa shape index (κ3) is 6.23. The molecule has 2 aromatic heterocycles. The first-order chi connectivity index (χ1) is 20.4. The smallest absolute Gasteiger partial charge is 0.247 e. The summed E-state index contributed by atoms with van der Waals surface area (Å²) >= 11 is 0. The fourth-order valence-electron chi connectivity index (χ4n) is 5.08. The summed E-state index contributed by atoms with van der Waals surface area (Å²) < 4.78 is 20.5. The molecular weight excluding hydrogens is 533 g/mol. The van der Waals surface area contributed by atoms with Crippen LogP contribution in [0.1, 0.15) is 11.1 Å². The molecule has 1 fully saturated rings. The van der Waals surface area contributed by atoms with Gasteiger partial charge < -0.3 is 19.9 Å². The largest absolute Gasteiger partial charge is 0.494 e. The summed E-state index contributed by atoms with van der Waals surface area (Å²) in [5.74, 6) is 0.927. The SMILES string of the molecule is COc1cc(N2CCN(C)CC2)ccc1Nc1nc2cnc(-c3ccc(CC(=O)Cc4ccc(F)cc4)cc3)cn2n1. The van der Waals surface area contributed by atoms with Gasteiger partial charge in [0, 0.05) is 56.3 Å². The highest BCUT2D eigenvalue weighted by Gasteiger charge is 2.17. The number of Topliss-reactive ketones (excluding diaryl/α,β-unsaturated/α-hetero) is 1. The van der Waals surface area contributed by atoms with E-state index in [1.165, 1.54) is 12.1 Å². The summed E-state index contributed by atoms with van der Waals surface area (Å²) in [7, 11) is 3.81. The number of nitrogens with one attached hydrogen (secondary N) is 1. The number of benzene rings is 3. The highest BCUT2D eigenvalue weighted by atomic mass is 19.1. The molecule has 0 spiro atoms. The number of halogens is 1. The average molecular weight is 566 g/mol. The van der Waals surface area contributed by atoms with E-state index in [-0.39, 0.29) is 18.0 Å². The molecule has 3 heterocycles. The van der Waals surface area contributed by atoms with Crippen LogP contribution in [-0.4, -0.2) is 70.6 Å². The van der Waals surface area contributed by atoms with Crippen molar-refractivity contribution in [3.05, 3.63) is 96.1 Å². The lowest BCUT2D eigenvalue weighted by Crippen LogP contribution is -2.44. The minimum atomic E-state index is -0.307. The van der Waals surface area contributed by atoms with Gasteiger partial charge >= 0.3 is 0 Å². The van der Waals surface area contributed by atoms with E-state index in [2.05, 4.69) is 43.3 Å². The number of nitrogens with zero attached hydrogens (tertiary/aromatic N) is 6. The standard InChI is InChI=1S/C32H32FN7O2/c1-38-13-15-39(16-14-38)26-11-12-28(30(19-26)42-2)35-32-36-31-20-34-29(21-40(31)37-32)24-7-3-22(4-8-24)17-27(41)18-23-5-9-25(33)10-6-23/h3-12,19-21H,13-18H2,1-2H3,(H,35,37). The number of aromatic nitrogens is 4. The van der Waals surface area contributed by atoms with Gasteiger partial charge in [0.1, 0.15) is 17.3 Å². The van der Waals surface area contributed by atoms with Crippen LogP contribution in [0.5, 0.6) is 5.75 Å². The Morgan fingerprint density at radius 1 is 0.952 bits per heavy atom. The minimum Gasteiger partial charge on any atom is -0.494 e. The summed E-state index contributed by atoms with van der Waals surface area (Å²) in [6, 6.07) is 19.9. The number of methoxy groups -OCH3 is 1. The number of hydrogen-bond donors (Lipinski definition) is 1. The van der Waals surface area contributed by atoms with Crippen LogP contribution in [0.15, 0.2) is 79.1 Å². The Bertz CT molecular complexity index is 1700. The van der Waals surface area contributed by atoms with Crippen molar-refractivity contribution in [3.8, 4) is 17.0 Å². The molecule has 214 valence electrons. The summed E-state index contributed by atoms with van der Waals surface area (Å²) in [6.45, 7) is 4.03. The molecule has 10 heteroatoms. The van der Waals surface area contributed by atoms with Gasteiger partial charge in [-0.05, 0) is 42.4 Å². The predicted octanol–water partition coefficient (Wildman–Crippen LogP) is 4.79. The quantitative estimate of drug-likeness (QED) is 0.273. The molecule has 9 nitrogen and oxygen atoms in total. The van der Waals surface area contributed by atoms with Crippen LogP contribution < -0.4 is 15.0 Å². The van der Waals surface area contributed by atoms with E-state index >= 15 is 0 Å². The van der Waals surface area contributed by atoms with Gasteiger partial charge in [0.25, 0.3) is 0 Å². The third-order valence-corrected chi connectivity index (χ3v) is 7.49. The molecule has 6 rings (SSSR count). The summed E-state index contributed by atoms with van der Waals surface area (Å²) in [4.78, 5) is 26.3. The number of carbonyl (C=O) groups is 1. The second-order valence-electron chi connectivity index (χ2n) is 10.5. The van der Waals surface area contributed by atoms with Gasteiger partial charge in [-0.1, -0.05) is 36.4 Å². The predicted molar refractivity (Wildman–Crippen MR) is 161 cm³/mol. The molecule has 0 atom stereocenters. The van der Waals surface area contributed by atoms with Gasteiger partial charge in [-0.3, -0.25) is 9.78 Å². The molecule has 0 unspecified atom stereocenters. The maximum atomic E-state index is 13.1. The van der Waals surface area contributed by atoms with Crippen LogP contribution >= 0.6 is 0 Å². The first-order valence-corrected chi connectivity index (χ1v) is 13.9. The molecule has 1 aliphatic heterocycles. The van der Waals surface area contributed by atoms with Gasteiger partial charge in [0.05, 0.1) is 30.9 Å². The molecule has 0 aliphatic carbocycles. The molecule has 3 aromatic carbocycles. The van der Waals surface area contributed by atoms with E-state index in [1.807, 2.05) is 42.6 Å². The number of anilines is 3. The van der Waals surface area contributed by atoms with Crippen LogP contribution in [0.4, 0.5) is 21.7 Å². The molecule has 0 saturated carbocycles. The van der Waals surface area contributed by atoms with Crippen molar-refractivity contribution < 1.29 is 13.9 Å². The number of ketones is 1. The first-order valence-electron chi connectivity index (χ1n) is 13.9. The monoisotopic (exact) mass is 565 g/mol. The molecule has 42 heavy (non-hydrogen) atoms. The Balaban J connectivity index is 1.12. The van der Waals surface area contributed by atoms with Crippen molar-refractivity contribution in [2.24, 2.45) is 0 Å². The lowest BCUT2D eigenvalue weighted by atomic mass is 10.0. The number of carbonyl (C=O) groups excluding carboxylic acids is 1. The number of ether oxygens (including phenoxy) is 1. The van der Waals surface area contributed by atoms with Crippen LogP contribution in [0.25, 0.3) is 16.9 Å². The maximum absolute atomic E-state index is 13.1. The van der Waals surface area contributed by atoms with Crippen molar-refractivity contribution in [1.29, 1.82) is 0 Å². The third-order valence-electron chi connectivity index (χ3n) is 7.49. The molecule has 5 aromatic rings. The molecule has 1 saturated heterocycles. The Kier molecular flexibility index (Phi) is 7.78. The van der Waals surface area contributed by atoms with Gasteiger partial charge in [-0.2, -0.15) is 4.98 Å². The molecule has 0 radical (unpaired) electrons. The summed E-state index contributed by atoms with van der Waals surface area (Å²) in [6.07, 6.45) is 4.09. The Morgan fingerprint density at radius 2 is 1.64 bits per heavy atom. The van der Waals surface area contributed by atoms with E-state index < -0.39 is 0 Å². The maximum Gasteiger partial charge on any atom is 0.247 e. The fraction of sp³-hybridized carbons (Fsp3) is 0.250. The van der Waals surface area contributed by atoms with Crippen molar-refractivity contribution in [2.75, 3.05) is 50.6 Å². The topological polar surface area (TPSA) is 87.9 Å². The van der Waals surface area contributed by atoms with Gasteiger partial charge in [-0.15, -0.1) is 5.10 Å². The Morgan fingerprint density at radius 3 is 2.33 bits per heavy atom. The number of hydrogen-bond acceptors (Lipinski definition) is 8. The zero-order chi connectivity index (χ0) is 29.1. The van der Waals surface area contributed by atoms with Crippen molar-refractivity contribution in [2.45, 2.75) is 12.8 Å². The summed E-state index contributed by atoms with van der Waals surface area (Å²) in [5, 5.41) is 7.89. The summed E-state index contributed by atoms with van der Waals surface area (Å²) in [5.41, 5.74) is 5.87.